The molecule has 0 spiro atoms. The summed E-state index contributed by atoms with van der Waals surface area (Å²) in [7, 11) is 0. The van der Waals surface area contributed by atoms with Gasteiger partial charge < -0.3 is 10.4 Å². The molecule has 0 saturated heterocycles. The molecular weight excluding hydrogens is 282 g/mol. The van der Waals surface area contributed by atoms with Gasteiger partial charge in [-0.25, -0.2) is 0 Å². The van der Waals surface area contributed by atoms with E-state index in [9.17, 15) is 19.5 Å². The fraction of sp³-hybridized carbons (Fsp3) is 0.118. The van der Waals surface area contributed by atoms with Gasteiger partial charge in [0.15, 0.2) is 5.78 Å². The monoisotopic (exact) mass is 297 g/mol. The molecule has 0 aliphatic rings. The maximum Gasteiger partial charge on any atom is 0.318 e. The maximum absolute atomic E-state index is 12.1. The summed E-state index contributed by atoms with van der Waals surface area (Å²) in [4.78, 5) is 35.3. The van der Waals surface area contributed by atoms with Crippen LogP contribution in [0.1, 0.15) is 21.8 Å². The van der Waals surface area contributed by atoms with Crippen LogP contribution in [0, 0.1) is 0 Å². The van der Waals surface area contributed by atoms with E-state index in [0.717, 1.165) is 0 Å². The van der Waals surface area contributed by atoms with Crippen molar-refractivity contribution in [3.63, 3.8) is 0 Å². The van der Waals surface area contributed by atoms with Crippen molar-refractivity contribution in [2.75, 3.05) is 6.54 Å². The highest BCUT2D eigenvalue weighted by Crippen LogP contribution is 2.16. The van der Waals surface area contributed by atoms with Crippen molar-refractivity contribution in [2.24, 2.45) is 0 Å². The minimum Gasteiger partial charge on any atom is -0.480 e. The first-order valence-corrected chi connectivity index (χ1v) is 6.73. The van der Waals surface area contributed by atoms with Crippen LogP contribution in [0.15, 0.2) is 60.7 Å². The van der Waals surface area contributed by atoms with Gasteiger partial charge in [0, 0.05) is 5.56 Å². The molecule has 2 aromatic carbocycles. The fourth-order valence-electron chi connectivity index (χ4n) is 2.07. The van der Waals surface area contributed by atoms with Gasteiger partial charge in [0.25, 0.3) is 5.91 Å². The summed E-state index contributed by atoms with van der Waals surface area (Å²) in [5.74, 6) is -3.49. The third-order valence-corrected chi connectivity index (χ3v) is 3.16. The Morgan fingerprint density at radius 1 is 0.909 bits per heavy atom. The van der Waals surface area contributed by atoms with Gasteiger partial charge in [-0.1, -0.05) is 48.5 Å². The molecule has 0 bridgehead atoms. The molecular formula is C17H15NO4. The van der Waals surface area contributed by atoms with Gasteiger partial charge in [-0.15, -0.1) is 0 Å². The number of benzene rings is 2. The number of carbonyl (C=O) groups is 3. The van der Waals surface area contributed by atoms with Crippen molar-refractivity contribution >= 4 is 17.7 Å². The summed E-state index contributed by atoms with van der Waals surface area (Å²) in [6.45, 7) is -0.334. The molecule has 5 heteroatoms. The minimum atomic E-state index is -1.28. The van der Waals surface area contributed by atoms with Crippen molar-refractivity contribution in [3.8, 4) is 0 Å². The standard InChI is InChI=1S/C17H15NO4/c19-14(11-18-16(20)13-9-5-2-6-10-13)15(17(21)22)12-7-3-1-4-8-12/h1-10,15H,11H2,(H,18,20)(H,21,22). The summed E-state index contributed by atoms with van der Waals surface area (Å²) in [6, 6.07) is 16.7. The lowest BCUT2D eigenvalue weighted by molar-refractivity contribution is -0.142. The molecule has 0 aromatic heterocycles. The van der Waals surface area contributed by atoms with Crippen LogP contribution in [-0.4, -0.2) is 29.3 Å². The Morgan fingerprint density at radius 2 is 1.45 bits per heavy atom. The van der Waals surface area contributed by atoms with Gasteiger partial charge in [-0.3, -0.25) is 14.4 Å². The zero-order valence-electron chi connectivity index (χ0n) is 11.7. The first kappa shape index (κ1) is 15.4. The Hall–Kier alpha value is -2.95. The lowest BCUT2D eigenvalue weighted by atomic mass is 9.95. The van der Waals surface area contributed by atoms with E-state index in [1.807, 2.05) is 0 Å². The van der Waals surface area contributed by atoms with E-state index in [2.05, 4.69) is 5.32 Å². The third-order valence-electron chi connectivity index (χ3n) is 3.16. The quantitative estimate of drug-likeness (QED) is 0.797. The molecule has 0 saturated carbocycles. The highest BCUT2D eigenvalue weighted by molar-refractivity contribution is 6.06. The lowest BCUT2D eigenvalue weighted by Gasteiger charge is -2.12. The number of aliphatic carboxylic acids is 1. The Bertz CT molecular complexity index is 668. The molecule has 0 aliphatic carbocycles. The molecule has 1 atom stereocenters. The van der Waals surface area contributed by atoms with E-state index in [0.29, 0.717) is 11.1 Å². The van der Waals surface area contributed by atoms with E-state index in [1.165, 1.54) is 0 Å². The molecule has 1 unspecified atom stereocenters. The van der Waals surface area contributed by atoms with Crippen molar-refractivity contribution in [3.05, 3.63) is 71.8 Å². The van der Waals surface area contributed by atoms with Gasteiger partial charge in [0.1, 0.15) is 5.92 Å². The average Bonchev–Trinajstić information content (AvgIpc) is 2.54. The first-order valence-electron chi connectivity index (χ1n) is 6.73. The predicted octanol–water partition coefficient (Wildman–Crippen LogP) is 1.85. The summed E-state index contributed by atoms with van der Waals surface area (Å²) in [5, 5.41) is 11.7. The third kappa shape index (κ3) is 3.79. The summed E-state index contributed by atoms with van der Waals surface area (Å²) in [6.07, 6.45) is 0. The molecule has 0 aliphatic heterocycles. The normalized spacial score (nSPS) is 11.5. The van der Waals surface area contributed by atoms with E-state index < -0.39 is 23.6 Å². The minimum absolute atomic E-state index is 0.334. The van der Waals surface area contributed by atoms with E-state index in [4.69, 9.17) is 0 Å². The first-order chi connectivity index (χ1) is 10.6. The second-order valence-corrected chi connectivity index (χ2v) is 4.70. The van der Waals surface area contributed by atoms with Crippen LogP contribution in [0.4, 0.5) is 0 Å². The number of Topliss-reactive ketones (excluding diaryl/α,β-unsaturated/α-hetero) is 1. The van der Waals surface area contributed by atoms with Crippen LogP contribution < -0.4 is 5.32 Å². The van der Waals surface area contributed by atoms with Gasteiger partial charge in [-0.05, 0) is 17.7 Å². The molecule has 22 heavy (non-hydrogen) atoms. The van der Waals surface area contributed by atoms with E-state index >= 15 is 0 Å². The molecule has 5 nitrogen and oxygen atoms in total. The number of amides is 1. The highest BCUT2D eigenvalue weighted by atomic mass is 16.4. The van der Waals surface area contributed by atoms with Crippen LogP contribution in [0.25, 0.3) is 0 Å². The number of carboxylic acids is 1. The van der Waals surface area contributed by atoms with Crippen LogP contribution in [0.3, 0.4) is 0 Å². The zero-order valence-corrected chi connectivity index (χ0v) is 11.7. The SMILES string of the molecule is O=C(NCC(=O)C(C(=O)O)c1ccccc1)c1ccccc1. The van der Waals surface area contributed by atoms with E-state index in [1.54, 1.807) is 60.7 Å². The molecule has 0 heterocycles. The number of carbonyl (C=O) groups excluding carboxylic acids is 2. The number of carboxylic acid groups (broad SMARTS) is 1. The largest absolute Gasteiger partial charge is 0.480 e. The molecule has 0 fully saturated rings. The number of hydrogen-bond acceptors (Lipinski definition) is 3. The van der Waals surface area contributed by atoms with Crippen molar-refractivity contribution in [1.29, 1.82) is 0 Å². The number of hydrogen-bond donors (Lipinski definition) is 2. The van der Waals surface area contributed by atoms with Crippen molar-refractivity contribution < 1.29 is 19.5 Å². The second kappa shape index (κ2) is 7.17. The van der Waals surface area contributed by atoms with Crippen molar-refractivity contribution in [1.82, 2.24) is 5.32 Å². The number of ketones is 1. The van der Waals surface area contributed by atoms with Crippen LogP contribution in [0.2, 0.25) is 0 Å². The Balaban J connectivity index is 2.04. The highest BCUT2D eigenvalue weighted by Gasteiger charge is 2.27. The Labute approximate surface area is 127 Å². The second-order valence-electron chi connectivity index (χ2n) is 4.70. The van der Waals surface area contributed by atoms with Gasteiger partial charge >= 0.3 is 5.97 Å². The van der Waals surface area contributed by atoms with Gasteiger partial charge in [0.2, 0.25) is 0 Å². The predicted molar refractivity (Wildman–Crippen MR) is 80.6 cm³/mol. The van der Waals surface area contributed by atoms with Crippen molar-refractivity contribution in [2.45, 2.75) is 5.92 Å². The summed E-state index contributed by atoms with van der Waals surface area (Å²) < 4.78 is 0. The molecule has 2 N–H and O–H groups in total. The van der Waals surface area contributed by atoms with Gasteiger partial charge in [-0.2, -0.15) is 0 Å². The molecule has 2 rings (SSSR count). The molecule has 112 valence electrons. The molecule has 1 amide bonds. The Kier molecular flexibility index (Phi) is 5.03. The fourth-order valence-corrected chi connectivity index (χ4v) is 2.07. The number of rotatable bonds is 6. The maximum atomic E-state index is 12.1. The smallest absolute Gasteiger partial charge is 0.318 e. The molecule has 0 radical (unpaired) electrons. The van der Waals surface area contributed by atoms with Crippen LogP contribution in [-0.2, 0) is 9.59 Å². The summed E-state index contributed by atoms with van der Waals surface area (Å²) in [5.41, 5.74) is 0.816. The van der Waals surface area contributed by atoms with Crippen LogP contribution in [0.5, 0.6) is 0 Å². The zero-order chi connectivity index (χ0) is 15.9. The van der Waals surface area contributed by atoms with Gasteiger partial charge in [0.05, 0.1) is 6.54 Å². The van der Waals surface area contributed by atoms with E-state index in [-0.39, 0.29) is 6.54 Å². The summed E-state index contributed by atoms with van der Waals surface area (Å²) >= 11 is 0. The Morgan fingerprint density at radius 3 is 2.00 bits per heavy atom. The lowest BCUT2D eigenvalue weighted by Crippen LogP contribution is -2.34. The topological polar surface area (TPSA) is 83.5 Å². The van der Waals surface area contributed by atoms with Crippen LogP contribution >= 0.6 is 0 Å². The molecule has 2 aromatic rings. The number of nitrogens with one attached hydrogen (secondary N) is 1. The average molecular weight is 297 g/mol.